The molecule has 0 spiro atoms. The molecule has 0 aliphatic rings. The lowest BCUT2D eigenvalue weighted by Gasteiger charge is -2.13. The third kappa shape index (κ3) is 5.84. The molecule has 2 rings (SSSR count). The van der Waals surface area contributed by atoms with Crippen molar-refractivity contribution in [2.45, 2.75) is 24.8 Å². The molecule has 0 bridgehead atoms. The summed E-state index contributed by atoms with van der Waals surface area (Å²) in [7, 11) is -1.53. The number of aliphatic imine (C=N–C) groups is 1. The number of nitrogens with one attached hydrogen (secondary N) is 2. The number of rotatable bonds is 6. The first-order valence-electron chi connectivity index (χ1n) is 8.28. The Balaban J connectivity index is 1.88. The first-order valence-corrected chi connectivity index (χ1v) is 10.2. The molecule has 0 aromatic heterocycles. The van der Waals surface area contributed by atoms with Crippen LogP contribution >= 0.6 is 0 Å². The van der Waals surface area contributed by atoms with Crippen LogP contribution in [0.2, 0.25) is 0 Å². The van der Waals surface area contributed by atoms with Gasteiger partial charge in [0.1, 0.15) is 5.82 Å². The van der Waals surface area contributed by atoms with E-state index in [2.05, 4.69) is 15.6 Å². The first kappa shape index (κ1) is 19.9. The quantitative estimate of drug-likeness (QED) is 0.599. The van der Waals surface area contributed by atoms with Crippen LogP contribution in [0.15, 0.2) is 52.4 Å². The summed E-state index contributed by atoms with van der Waals surface area (Å²) in [5, 5.41) is 6.36. The Hall–Kier alpha value is -2.41. The molecule has 0 amide bonds. The molecular weight excluding hydrogens is 353 g/mol. The number of nitrogens with zero attached hydrogens (tertiary/aromatic N) is 1. The molecule has 7 heteroatoms. The summed E-state index contributed by atoms with van der Waals surface area (Å²) >= 11 is 0. The van der Waals surface area contributed by atoms with Crippen molar-refractivity contribution in [1.29, 1.82) is 0 Å². The molecule has 0 aliphatic heterocycles. The number of benzene rings is 2. The monoisotopic (exact) mass is 377 g/mol. The van der Waals surface area contributed by atoms with E-state index in [4.69, 9.17) is 0 Å². The van der Waals surface area contributed by atoms with Crippen LogP contribution in [-0.2, 0) is 22.8 Å². The minimum absolute atomic E-state index is 0.238. The molecule has 0 heterocycles. The van der Waals surface area contributed by atoms with Crippen molar-refractivity contribution < 1.29 is 12.8 Å². The fraction of sp³-hybridized carbons (Fsp3) is 0.316. The van der Waals surface area contributed by atoms with E-state index in [1.807, 2.05) is 12.1 Å². The van der Waals surface area contributed by atoms with E-state index in [0.717, 1.165) is 16.7 Å². The van der Waals surface area contributed by atoms with Gasteiger partial charge in [0.25, 0.3) is 0 Å². The molecule has 2 aromatic rings. The van der Waals surface area contributed by atoms with Crippen LogP contribution in [0.3, 0.4) is 0 Å². The van der Waals surface area contributed by atoms with Gasteiger partial charge in [-0.3, -0.25) is 4.99 Å². The SMILES string of the molecule is CN=C(NCCc1cccc(F)c1)NCc1ccc(S(C)(=O)=O)c(C)c1. The van der Waals surface area contributed by atoms with E-state index in [1.165, 1.54) is 18.4 Å². The molecule has 0 saturated carbocycles. The van der Waals surface area contributed by atoms with Gasteiger partial charge in [0.05, 0.1) is 4.90 Å². The van der Waals surface area contributed by atoms with Gasteiger partial charge in [-0.25, -0.2) is 12.8 Å². The van der Waals surface area contributed by atoms with Gasteiger partial charge in [0, 0.05) is 26.4 Å². The highest BCUT2D eigenvalue weighted by Gasteiger charge is 2.10. The Morgan fingerprint density at radius 2 is 1.88 bits per heavy atom. The normalized spacial score (nSPS) is 12.1. The summed E-state index contributed by atoms with van der Waals surface area (Å²) in [4.78, 5) is 4.50. The predicted molar refractivity (Wildman–Crippen MR) is 103 cm³/mol. The average Bonchev–Trinajstić information content (AvgIpc) is 2.57. The summed E-state index contributed by atoms with van der Waals surface area (Å²) < 4.78 is 36.5. The maximum atomic E-state index is 13.2. The van der Waals surface area contributed by atoms with E-state index < -0.39 is 9.84 Å². The highest BCUT2D eigenvalue weighted by molar-refractivity contribution is 7.90. The third-order valence-electron chi connectivity index (χ3n) is 3.92. The first-order chi connectivity index (χ1) is 12.3. The molecule has 5 nitrogen and oxygen atoms in total. The Labute approximate surface area is 154 Å². The van der Waals surface area contributed by atoms with Gasteiger partial charge in [0.2, 0.25) is 0 Å². The minimum atomic E-state index is -3.21. The third-order valence-corrected chi connectivity index (χ3v) is 5.17. The fourth-order valence-corrected chi connectivity index (χ4v) is 3.62. The summed E-state index contributed by atoms with van der Waals surface area (Å²) in [6.45, 7) is 2.92. The Morgan fingerprint density at radius 3 is 2.50 bits per heavy atom. The van der Waals surface area contributed by atoms with Crippen LogP contribution in [0.5, 0.6) is 0 Å². The second-order valence-corrected chi connectivity index (χ2v) is 8.09. The van der Waals surface area contributed by atoms with Gasteiger partial charge in [-0.2, -0.15) is 0 Å². The smallest absolute Gasteiger partial charge is 0.191 e. The van der Waals surface area contributed by atoms with E-state index in [0.29, 0.717) is 30.4 Å². The van der Waals surface area contributed by atoms with Gasteiger partial charge in [0.15, 0.2) is 15.8 Å². The van der Waals surface area contributed by atoms with E-state index in [-0.39, 0.29) is 5.82 Å². The Kier molecular flexibility index (Phi) is 6.74. The number of halogens is 1. The van der Waals surface area contributed by atoms with Crippen molar-refractivity contribution in [3.05, 3.63) is 65.0 Å². The molecule has 0 atom stereocenters. The Morgan fingerprint density at radius 1 is 1.12 bits per heavy atom. The predicted octanol–water partition coefficient (Wildman–Crippen LogP) is 2.45. The largest absolute Gasteiger partial charge is 0.356 e. The molecule has 0 unspecified atom stereocenters. The highest BCUT2D eigenvalue weighted by Crippen LogP contribution is 2.16. The van der Waals surface area contributed by atoms with Crippen LogP contribution in [0, 0.1) is 12.7 Å². The standard InChI is InChI=1S/C19H24FN3O2S/c1-14-11-16(7-8-18(14)26(3,24)25)13-23-19(21-2)22-10-9-15-5-4-6-17(20)12-15/h4-8,11-12H,9-10,13H2,1-3H3,(H2,21,22,23). The van der Waals surface area contributed by atoms with Crippen LogP contribution < -0.4 is 10.6 Å². The highest BCUT2D eigenvalue weighted by atomic mass is 32.2. The van der Waals surface area contributed by atoms with Crippen molar-refractivity contribution in [2.75, 3.05) is 19.8 Å². The van der Waals surface area contributed by atoms with Gasteiger partial charge in [-0.05, 0) is 48.2 Å². The van der Waals surface area contributed by atoms with Crippen LogP contribution in [-0.4, -0.2) is 34.2 Å². The maximum Gasteiger partial charge on any atom is 0.191 e. The second kappa shape index (κ2) is 8.80. The van der Waals surface area contributed by atoms with Gasteiger partial charge in [-0.1, -0.05) is 24.3 Å². The zero-order valence-corrected chi connectivity index (χ0v) is 16.0. The molecule has 0 aliphatic carbocycles. The lowest BCUT2D eigenvalue weighted by molar-refractivity contribution is 0.601. The van der Waals surface area contributed by atoms with Crippen molar-refractivity contribution in [2.24, 2.45) is 4.99 Å². The van der Waals surface area contributed by atoms with E-state index in [1.54, 1.807) is 32.2 Å². The van der Waals surface area contributed by atoms with Gasteiger partial charge in [-0.15, -0.1) is 0 Å². The molecule has 2 N–H and O–H groups in total. The van der Waals surface area contributed by atoms with Crippen molar-refractivity contribution in [3.63, 3.8) is 0 Å². The van der Waals surface area contributed by atoms with Crippen LogP contribution in [0.4, 0.5) is 4.39 Å². The molecule has 140 valence electrons. The van der Waals surface area contributed by atoms with Crippen LogP contribution in [0.25, 0.3) is 0 Å². The van der Waals surface area contributed by atoms with Gasteiger partial charge < -0.3 is 10.6 Å². The van der Waals surface area contributed by atoms with Crippen molar-refractivity contribution in [3.8, 4) is 0 Å². The second-order valence-electron chi connectivity index (χ2n) is 6.10. The number of guanidine groups is 1. The van der Waals surface area contributed by atoms with E-state index in [9.17, 15) is 12.8 Å². The molecule has 26 heavy (non-hydrogen) atoms. The number of sulfone groups is 1. The number of hydrogen-bond acceptors (Lipinski definition) is 3. The summed E-state index contributed by atoms with van der Waals surface area (Å²) in [5.41, 5.74) is 2.60. The molecule has 0 fully saturated rings. The number of hydrogen-bond donors (Lipinski definition) is 2. The molecule has 0 radical (unpaired) electrons. The maximum absolute atomic E-state index is 13.2. The molecule has 0 saturated heterocycles. The summed E-state index contributed by atoms with van der Waals surface area (Å²) in [5.74, 6) is 0.393. The zero-order valence-electron chi connectivity index (χ0n) is 15.2. The fourth-order valence-electron chi connectivity index (χ4n) is 2.66. The molecular formula is C19H24FN3O2S. The van der Waals surface area contributed by atoms with E-state index >= 15 is 0 Å². The topological polar surface area (TPSA) is 70.6 Å². The lowest BCUT2D eigenvalue weighted by atomic mass is 10.1. The van der Waals surface area contributed by atoms with Crippen LogP contribution in [0.1, 0.15) is 16.7 Å². The van der Waals surface area contributed by atoms with Crippen molar-refractivity contribution >= 4 is 15.8 Å². The Bertz CT molecular complexity index is 895. The summed E-state index contributed by atoms with van der Waals surface area (Å²) in [6, 6.07) is 11.8. The van der Waals surface area contributed by atoms with Crippen molar-refractivity contribution in [1.82, 2.24) is 10.6 Å². The molecule has 2 aromatic carbocycles. The zero-order chi connectivity index (χ0) is 19.2. The lowest BCUT2D eigenvalue weighted by Crippen LogP contribution is -2.37. The van der Waals surface area contributed by atoms with Gasteiger partial charge >= 0.3 is 0 Å². The minimum Gasteiger partial charge on any atom is -0.356 e. The number of aryl methyl sites for hydroxylation is 1. The summed E-state index contributed by atoms with van der Waals surface area (Å²) in [6.07, 6.45) is 1.89. The average molecular weight is 377 g/mol.